The van der Waals surface area contributed by atoms with Gasteiger partial charge in [0.15, 0.2) is 16.7 Å². The molecule has 9 heteroatoms. The van der Waals surface area contributed by atoms with Crippen molar-refractivity contribution in [3.8, 4) is 17.2 Å². The molecule has 0 saturated carbocycles. The summed E-state index contributed by atoms with van der Waals surface area (Å²) in [4.78, 5) is 18.5. The number of para-hydroxylation sites is 1. The SMILES string of the molecule is COc1cc([C@@H]2N=C(SCc3ccc(Br)cc3)NC(C)=C2C(=O)Nc2ccccc2)cc(OC)c1OC. The summed E-state index contributed by atoms with van der Waals surface area (Å²) in [6.07, 6.45) is 0. The predicted molar refractivity (Wildman–Crippen MR) is 153 cm³/mol. The van der Waals surface area contributed by atoms with Crippen molar-refractivity contribution in [3.63, 3.8) is 0 Å². The summed E-state index contributed by atoms with van der Waals surface area (Å²) in [6, 6.07) is 20.6. The second-order valence-electron chi connectivity index (χ2n) is 8.19. The van der Waals surface area contributed by atoms with E-state index in [2.05, 4.69) is 38.7 Å². The van der Waals surface area contributed by atoms with Crippen molar-refractivity contribution in [2.45, 2.75) is 18.7 Å². The Hall–Kier alpha value is -3.43. The number of anilines is 1. The summed E-state index contributed by atoms with van der Waals surface area (Å²) in [5, 5.41) is 7.04. The minimum atomic E-state index is -0.592. The van der Waals surface area contributed by atoms with Gasteiger partial charge in [-0.15, -0.1) is 0 Å². The Morgan fingerprint density at radius 3 is 2.24 bits per heavy atom. The fourth-order valence-electron chi connectivity index (χ4n) is 3.97. The lowest BCUT2D eigenvalue weighted by molar-refractivity contribution is -0.113. The summed E-state index contributed by atoms with van der Waals surface area (Å²) in [7, 11) is 4.69. The van der Waals surface area contributed by atoms with Gasteiger partial charge in [-0.1, -0.05) is 58.0 Å². The number of ether oxygens (including phenoxy) is 3. The molecule has 1 aliphatic rings. The number of amidine groups is 1. The number of benzene rings is 3. The number of methoxy groups -OCH3 is 3. The van der Waals surface area contributed by atoms with Gasteiger partial charge in [0.05, 0.1) is 26.9 Å². The van der Waals surface area contributed by atoms with Gasteiger partial charge in [-0.2, -0.15) is 0 Å². The largest absolute Gasteiger partial charge is 0.493 e. The van der Waals surface area contributed by atoms with Gasteiger partial charge in [0.1, 0.15) is 6.04 Å². The second kappa shape index (κ2) is 12.2. The van der Waals surface area contributed by atoms with Gasteiger partial charge in [-0.3, -0.25) is 4.79 Å². The van der Waals surface area contributed by atoms with Gasteiger partial charge in [0.2, 0.25) is 5.75 Å². The minimum absolute atomic E-state index is 0.240. The summed E-state index contributed by atoms with van der Waals surface area (Å²) in [5.74, 6) is 1.95. The number of carbonyl (C=O) groups is 1. The highest BCUT2D eigenvalue weighted by Crippen LogP contribution is 2.43. The maximum absolute atomic E-state index is 13.5. The Balaban J connectivity index is 1.72. The number of nitrogens with zero attached hydrogens (tertiary/aromatic N) is 1. The molecule has 0 unspecified atom stereocenters. The molecule has 0 saturated heterocycles. The number of halogens is 1. The Morgan fingerprint density at radius 2 is 1.65 bits per heavy atom. The van der Waals surface area contributed by atoms with E-state index in [-0.39, 0.29) is 5.91 Å². The second-order valence-corrected chi connectivity index (χ2v) is 10.1. The summed E-state index contributed by atoms with van der Waals surface area (Å²) in [6.45, 7) is 1.89. The van der Waals surface area contributed by atoms with E-state index in [4.69, 9.17) is 19.2 Å². The van der Waals surface area contributed by atoms with Crippen molar-refractivity contribution in [1.29, 1.82) is 0 Å². The third-order valence-electron chi connectivity index (χ3n) is 5.79. The van der Waals surface area contributed by atoms with E-state index in [9.17, 15) is 4.79 Å². The third-order valence-corrected chi connectivity index (χ3v) is 7.27. The highest BCUT2D eigenvalue weighted by Gasteiger charge is 2.31. The Bertz CT molecular complexity index is 1300. The van der Waals surface area contributed by atoms with Crippen LogP contribution < -0.4 is 24.8 Å². The Morgan fingerprint density at radius 1 is 1.00 bits per heavy atom. The van der Waals surface area contributed by atoms with Crippen LogP contribution in [0.25, 0.3) is 0 Å². The van der Waals surface area contributed by atoms with Gasteiger partial charge in [0.25, 0.3) is 5.91 Å². The van der Waals surface area contributed by atoms with E-state index in [1.165, 1.54) is 0 Å². The van der Waals surface area contributed by atoms with Crippen LogP contribution in [0.4, 0.5) is 5.69 Å². The average Bonchev–Trinajstić information content (AvgIpc) is 2.91. The topological polar surface area (TPSA) is 81.2 Å². The van der Waals surface area contributed by atoms with Crippen molar-refractivity contribution in [2.24, 2.45) is 4.99 Å². The van der Waals surface area contributed by atoms with Crippen molar-refractivity contribution in [3.05, 3.63) is 93.6 Å². The number of aliphatic imine (C=N–C) groups is 1. The molecule has 7 nitrogen and oxygen atoms in total. The molecule has 4 rings (SSSR count). The van der Waals surface area contributed by atoms with Crippen molar-refractivity contribution >= 4 is 44.5 Å². The molecule has 192 valence electrons. The molecule has 0 aromatic heterocycles. The average molecular weight is 583 g/mol. The number of amides is 1. The Kier molecular flexibility index (Phi) is 8.78. The number of hydrogen-bond donors (Lipinski definition) is 2. The fraction of sp³-hybridized carbons (Fsp3) is 0.214. The molecule has 3 aromatic rings. The zero-order valence-corrected chi connectivity index (χ0v) is 23.4. The number of carbonyl (C=O) groups excluding carboxylic acids is 1. The molecule has 0 aliphatic carbocycles. The molecule has 3 aromatic carbocycles. The van der Waals surface area contributed by atoms with Crippen LogP contribution in [-0.2, 0) is 10.5 Å². The quantitative estimate of drug-likeness (QED) is 0.324. The lowest BCUT2D eigenvalue weighted by Gasteiger charge is -2.27. The highest BCUT2D eigenvalue weighted by molar-refractivity contribution is 9.10. The van der Waals surface area contributed by atoms with E-state index in [0.717, 1.165) is 32.2 Å². The first-order valence-electron chi connectivity index (χ1n) is 11.5. The molecule has 1 aliphatic heterocycles. The number of nitrogens with one attached hydrogen (secondary N) is 2. The maximum Gasteiger partial charge on any atom is 0.255 e. The van der Waals surface area contributed by atoms with E-state index >= 15 is 0 Å². The first-order valence-corrected chi connectivity index (χ1v) is 13.3. The van der Waals surface area contributed by atoms with Crippen LogP contribution in [0.2, 0.25) is 0 Å². The first kappa shape index (κ1) is 26.6. The van der Waals surface area contributed by atoms with Crippen LogP contribution in [0.3, 0.4) is 0 Å². The number of hydrogen-bond acceptors (Lipinski definition) is 7. The normalized spacial score (nSPS) is 14.9. The summed E-state index contributed by atoms with van der Waals surface area (Å²) in [5.41, 5.74) is 3.84. The Labute approximate surface area is 229 Å². The molecular weight excluding hydrogens is 554 g/mol. The number of thioether (sulfide) groups is 1. The number of rotatable bonds is 8. The fourth-order valence-corrected chi connectivity index (χ4v) is 5.13. The van der Waals surface area contributed by atoms with Gasteiger partial charge >= 0.3 is 0 Å². The van der Waals surface area contributed by atoms with Gasteiger partial charge in [0, 0.05) is 21.6 Å². The zero-order chi connectivity index (χ0) is 26.4. The van der Waals surface area contributed by atoms with Crippen LogP contribution in [0.1, 0.15) is 24.1 Å². The monoisotopic (exact) mass is 581 g/mol. The zero-order valence-electron chi connectivity index (χ0n) is 21.0. The minimum Gasteiger partial charge on any atom is -0.493 e. The van der Waals surface area contributed by atoms with Gasteiger partial charge < -0.3 is 24.8 Å². The molecule has 1 amide bonds. The predicted octanol–water partition coefficient (Wildman–Crippen LogP) is 6.32. The third kappa shape index (κ3) is 6.29. The molecule has 0 spiro atoms. The van der Waals surface area contributed by atoms with Gasteiger partial charge in [-0.05, 0) is 54.4 Å². The molecule has 0 radical (unpaired) electrons. The summed E-state index contributed by atoms with van der Waals surface area (Å²) >= 11 is 5.05. The van der Waals surface area contributed by atoms with E-state index in [0.29, 0.717) is 28.5 Å². The van der Waals surface area contributed by atoms with E-state index in [1.54, 1.807) is 33.1 Å². The van der Waals surface area contributed by atoms with Crippen LogP contribution in [0.15, 0.2) is 87.5 Å². The molecule has 0 bridgehead atoms. The molecule has 1 heterocycles. The standard InChI is InChI=1S/C28H28BrN3O4S/c1-17-24(27(33)31-21-8-6-5-7-9-21)25(19-14-22(34-2)26(36-4)23(15-19)35-3)32-28(30-17)37-16-18-10-12-20(29)13-11-18/h5-15,25H,16H2,1-4H3,(H,30,32)(H,31,33)/t25-/m0/s1. The van der Waals surface area contributed by atoms with E-state index < -0.39 is 6.04 Å². The van der Waals surface area contributed by atoms with E-state index in [1.807, 2.05) is 61.5 Å². The smallest absolute Gasteiger partial charge is 0.255 e. The maximum atomic E-state index is 13.5. The summed E-state index contributed by atoms with van der Waals surface area (Å²) < 4.78 is 17.7. The molecule has 1 atom stereocenters. The molecule has 37 heavy (non-hydrogen) atoms. The number of allylic oxidation sites excluding steroid dienone is 1. The van der Waals surface area contributed by atoms with Crippen LogP contribution >= 0.6 is 27.7 Å². The van der Waals surface area contributed by atoms with Gasteiger partial charge in [-0.25, -0.2) is 4.99 Å². The van der Waals surface area contributed by atoms with Crippen molar-refractivity contribution < 1.29 is 19.0 Å². The molecular formula is C28H28BrN3O4S. The van der Waals surface area contributed by atoms with Crippen LogP contribution in [-0.4, -0.2) is 32.4 Å². The van der Waals surface area contributed by atoms with Crippen LogP contribution in [0, 0.1) is 0 Å². The first-order chi connectivity index (χ1) is 17.9. The molecule has 2 N–H and O–H groups in total. The molecule has 0 fully saturated rings. The van der Waals surface area contributed by atoms with Crippen LogP contribution in [0.5, 0.6) is 17.2 Å². The lowest BCUT2D eigenvalue weighted by Crippen LogP contribution is -2.32. The van der Waals surface area contributed by atoms with Crippen molar-refractivity contribution in [1.82, 2.24) is 5.32 Å². The lowest BCUT2D eigenvalue weighted by atomic mass is 9.95. The van der Waals surface area contributed by atoms with Crippen molar-refractivity contribution in [2.75, 3.05) is 26.6 Å². The highest BCUT2D eigenvalue weighted by atomic mass is 79.9.